The van der Waals surface area contributed by atoms with Crippen LogP contribution in [0.15, 0.2) is 59.9 Å². The molecule has 0 saturated heterocycles. The van der Waals surface area contributed by atoms with Crippen LogP contribution in [0.3, 0.4) is 0 Å². The SMILES string of the molecule is CC(=O)C1=C(O)C(=O)N(c2cccc(C(F)(F)F)c2)[C@@H]1c1ccccc1F. The van der Waals surface area contributed by atoms with Crippen molar-refractivity contribution in [2.75, 3.05) is 4.90 Å². The number of nitrogens with zero attached hydrogens (tertiary/aromatic N) is 1. The molecule has 0 aromatic heterocycles. The lowest BCUT2D eigenvalue weighted by Gasteiger charge is -2.27. The summed E-state index contributed by atoms with van der Waals surface area (Å²) in [5, 5.41) is 10.1. The maximum absolute atomic E-state index is 14.4. The van der Waals surface area contributed by atoms with E-state index in [0.29, 0.717) is 6.07 Å². The Bertz CT molecular complexity index is 965. The number of rotatable bonds is 3. The highest BCUT2D eigenvalue weighted by Gasteiger charge is 2.44. The average molecular weight is 379 g/mol. The zero-order chi connectivity index (χ0) is 19.9. The predicted octanol–water partition coefficient (Wildman–Crippen LogP) is 4.33. The number of hydrogen-bond acceptors (Lipinski definition) is 3. The highest BCUT2D eigenvalue weighted by Crippen LogP contribution is 2.42. The lowest BCUT2D eigenvalue weighted by molar-refractivity contribution is -0.137. The number of anilines is 1. The summed E-state index contributed by atoms with van der Waals surface area (Å²) in [5.74, 6) is -3.44. The molecule has 0 aliphatic carbocycles. The molecule has 3 rings (SSSR count). The van der Waals surface area contributed by atoms with Crippen LogP contribution in [0, 0.1) is 5.82 Å². The predicted molar refractivity (Wildman–Crippen MR) is 88.4 cm³/mol. The number of carbonyl (C=O) groups excluding carboxylic acids is 2. The summed E-state index contributed by atoms with van der Waals surface area (Å²) in [6.45, 7) is 1.09. The molecule has 0 radical (unpaired) electrons. The normalized spacial score (nSPS) is 17.6. The maximum Gasteiger partial charge on any atom is 0.416 e. The van der Waals surface area contributed by atoms with Crippen LogP contribution in [-0.4, -0.2) is 16.8 Å². The van der Waals surface area contributed by atoms with Gasteiger partial charge in [-0.2, -0.15) is 13.2 Å². The second kappa shape index (κ2) is 6.53. The number of halogens is 4. The molecular weight excluding hydrogens is 366 g/mol. The van der Waals surface area contributed by atoms with Gasteiger partial charge in [-0.25, -0.2) is 4.39 Å². The summed E-state index contributed by atoms with van der Waals surface area (Å²) >= 11 is 0. The van der Waals surface area contributed by atoms with Crippen LogP contribution in [0.4, 0.5) is 23.2 Å². The molecule has 4 nitrogen and oxygen atoms in total. The van der Waals surface area contributed by atoms with Gasteiger partial charge in [-0.15, -0.1) is 0 Å². The number of aliphatic hydroxyl groups excluding tert-OH is 1. The smallest absolute Gasteiger partial charge is 0.416 e. The summed E-state index contributed by atoms with van der Waals surface area (Å²) in [6.07, 6.45) is -4.66. The molecule has 1 aliphatic heterocycles. The van der Waals surface area contributed by atoms with Crippen molar-refractivity contribution in [1.29, 1.82) is 0 Å². The van der Waals surface area contributed by atoms with Crippen molar-refractivity contribution in [1.82, 2.24) is 0 Å². The fourth-order valence-electron chi connectivity index (χ4n) is 3.05. The van der Waals surface area contributed by atoms with Crippen molar-refractivity contribution in [3.8, 4) is 0 Å². The third-order valence-electron chi connectivity index (χ3n) is 4.24. The molecule has 1 amide bonds. The average Bonchev–Trinajstić information content (AvgIpc) is 2.86. The van der Waals surface area contributed by atoms with Gasteiger partial charge in [0, 0.05) is 11.3 Å². The first-order valence-electron chi connectivity index (χ1n) is 7.82. The summed E-state index contributed by atoms with van der Waals surface area (Å²) in [6, 6.07) is 7.71. The Hall–Kier alpha value is -3.16. The molecule has 140 valence electrons. The lowest BCUT2D eigenvalue weighted by Crippen LogP contribution is -2.31. The maximum atomic E-state index is 14.4. The Labute approximate surface area is 151 Å². The Balaban J connectivity index is 2.21. The molecular formula is C19H13F4NO3. The highest BCUT2D eigenvalue weighted by atomic mass is 19.4. The molecule has 2 aromatic rings. The first kappa shape index (κ1) is 18.6. The van der Waals surface area contributed by atoms with Crippen LogP contribution < -0.4 is 4.90 Å². The minimum Gasteiger partial charge on any atom is -0.503 e. The van der Waals surface area contributed by atoms with E-state index in [1.165, 1.54) is 24.3 Å². The van der Waals surface area contributed by atoms with Crippen LogP contribution in [0.5, 0.6) is 0 Å². The van der Waals surface area contributed by atoms with Crippen molar-refractivity contribution >= 4 is 17.4 Å². The summed E-state index contributed by atoms with van der Waals surface area (Å²) in [5.41, 5.74) is -1.72. The van der Waals surface area contributed by atoms with E-state index in [1.807, 2.05) is 0 Å². The van der Waals surface area contributed by atoms with Gasteiger partial charge >= 0.3 is 6.18 Å². The van der Waals surface area contributed by atoms with Gasteiger partial charge in [0.15, 0.2) is 11.5 Å². The van der Waals surface area contributed by atoms with Crippen molar-refractivity contribution in [3.63, 3.8) is 0 Å². The number of Topliss-reactive ketones (excluding diaryl/α,β-unsaturated/α-hetero) is 1. The molecule has 8 heteroatoms. The van der Waals surface area contributed by atoms with Crippen molar-refractivity contribution < 1.29 is 32.3 Å². The number of alkyl halides is 3. The number of ketones is 1. The van der Waals surface area contributed by atoms with Gasteiger partial charge in [0.05, 0.1) is 17.2 Å². The van der Waals surface area contributed by atoms with Crippen LogP contribution in [0.1, 0.15) is 24.1 Å². The van der Waals surface area contributed by atoms with E-state index >= 15 is 0 Å². The second-order valence-electron chi connectivity index (χ2n) is 5.97. The molecule has 0 bridgehead atoms. The van der Waals surface area contributed by atoms with Gasteiger partial charge in [-0.1, -0.05) is 24.3 Å². The second-order valence-corrected chi connectivity index (χ2v) is 5.97. The van der Waals surface area contributed by atoms with Gasteiger partial charge in [-0.05, 0) is 31.2 Å². The summed E-state index contributed by atoms with van der Waals surface area (Å²) in [7, 11) is 0. The van der Waals surface area contributed by atoms with Crippen molar-refractivity contribution in [2.45, 2.75) is 19.1 Å². The van der Waals surface area contributed by atoms with Crippen LogP contribution in [0.25, 0.3) is 0 Å². The molecule has 1 heterocycles. The van der Waals surface area contributed by atoms with Crippen LogP contribution in [0.2, 0.25) is 0 Å². The molecule has 2 aromatic carbocycles. The van der Waals surface area contributed by atoms with Gasteiger partial charge in [0.25, 0.3) is 5.91 Å². The monoisotopic (exact) mass is 379 g/mol. The summed E-state index contributed by atoms with van der Waals surface area (Å²) in [4.78, 5) is 25.3. The van der Waals surface area contributed by atoms with Gasteiger partial charge < -0.3 is 5.11 Å². The van der Waals surface area contributed by atoms with E-state index in [1.54, 1.807) is 0 Å². The van der Waals surface area contributed by atoms with Gasteiger partial charge in [-0.3, -0.25) is 14.5 Å². The number of aliphatic hydroxyl groups is 1. The largest absolute Gasteiger partial charge is 0.503 e. The van der Waals surface area contributed by atoms with Crippen LogP contribution in [-0.2, 0) is 15.8 Å². The van der Waals surface area contributed by atoms with Gasteiger partial charge in [0.1, 0.15) is 5.82 Å². The Kier molecular flexibility index (Phi) is 4.51. The zero-order valence-corrected chi connectivity index (χ0v) is 13.9. The van der Waals surface area contributed by atoms with E-state index in [9.17, 15) is 32.3 Å². The van der Waals surface area contributed by atoms with Crippen molar-refractivity contribution in [3.05, 3.63) is 76.8 Å². The van der Waals surface area contributed by atoms with E-state index < -0.39 is 41.0 Å². The number of hydrogen-bond donors (Lipinski definition) is 1. The summed E-state index contributed by atoms with van der Waals surface area (Å²) < 4.78 is 53.5. The number of amides is 1. The molecule has 0 spiro atoms. The zero-order valence-electron chi connectivity index (χ0n) is 13.9. The molecule has 0 unspecified atom stereocenters. The number of carbonyl (C=O) groups is 2. The van der Waals surface area contributed by atoms with E-state index in [0.717, 1.165) is 30.0 Å². The highest BCUT2D eigenvalue weighted by molar-refractivity contribution is 6.16. The van der Waals surface area contributed by atoms with E-state index in [2.05, 4.69) is 0 Å². The van der Waals surface area contributed by atoms with Crippen molar-refractivity contribution in [2.24, 2.45) is 0 Å². The molecule has 0 saturated carbocycles. The Morgan fingerprint density at radius 1 is 1.11 bits per heavy atom. The molecule has 1 atom stereocenters. The lowest BCUT2D eigenvalue weighted by atomic mass is 9.96. The Morgan fingerprint density at radius 3 is 2.37 bits per heavy atom. The minimum atomic E-state index is -4.66. The number of benzene rings is 2. The van der Waals surface area contributed by atoms with E-state index in [4.69, 9.17) is 0 Å². The third-order valence-corrected chi connectivity index (χ3v) is 4.24. The molecule has 0 fully saturated rings. The van der Waals surface area contributed by atoms with E-state index in [-0.39, 0.29) is 16.8 Å². The molecule has 1 N–H and O–H groups in total. The fraction of sp³-hybridized carbons (Fsp3) is 0.158. The minimum absolute atomic E-state index is 0.113. The van der Waals surface area contributed by atoms with Gasteiger partial charge in [0.2, 0.25) is 0 Å². The molecule has 27 heavy (non-hydrogen) atoms. The quantitative estimate of drug-likeness (QED) is 0.808. The first-order chi connectivity index (χ1) is 12.6. The standard InChI is InChI=1S/C19H13F4NO3/c1-10(25)15-16(13-7-2-3-8-14(13)20)24(18(27)17(15)26)12-6-4-5-11(9-12)19(21,22)23/h2-9,16,26H,1H3/t16-/m1/s1. The third kappa shape index (κ3) is 3.18. The van der Waals surface area contributed by atoms with Crippen LogP contribution >= 0.6 is 0 Å². The topological polar surface area (TPSA) is 57.6 Å². The first-order valence-corrected chi connectivity index (χ1v) is 7.82. The fourth-order valence-corrected chi connectivity index (χ4v) is 3.05. The Morgan fingerprint density at radius 2 is 1.78 bits per heavy atom. The molecule has 1 aliphatic rings.